The van der Waals surface area contributed by atoms with E-state index in [4.69, 9.17) is 4.74 Å². The normalized spacial score (nSPS) is 11.5. The van der Waals surface area contributed by atoms with Crippen molar-refractivity contribution in [3.05, 3.63) is 84.2 Å². The van der Waals surface area contributed by atoms with Gasteiger partial charge in [0.2, 0.25) is 0 Å². The van der Waals surface area contributed by atoms with Gasteiger partial charge in [0.05, 0.1) is 28.2 Å². The van der Waals surface area contributed by atoms with Gasteiger partial charge in [-0.15, -0.1) is 0 Å². The molecule has 0 saturated carbocycles. The number of nitrogens with zero attached hydrogens (tertiary/aromatic N) is 1. The zero-order valence-corrected chi connectivity index (χ0v) is 17.4. The maximum absolute atomic E-state index is 12.8. The summed E-state index contributed by atoms with van der Waals surface area (Å²) in [6, 6.07) is 21.7. The van der Waals surface area contributed by atoms with Crippen LogP contribution in [-0.2, 0) is 22.9 Å². The Morgan fingerprint density at radius 1 is 0.933 bits per heavy atom. The standard InChI is InChI=1S/C23H23N3O3S/c1-2-29-18-12-14-19(15-13-18)30(27,28)26-20-8-4-3-7-17(20)11-16-23-24-21-9-5-6-10-22(21)25-23/h3-10,12-15,26H,2,11,16H2,1H3,(H,24,25). The number of para-hydroxylation sites is 3. The number of aromatic amines is 1. The third kappa shape index (κ3) is 4.46. The zero-order chi connectivity index (χ0) is 21.0. The lowest BCUT2D eigenvalue weighted by atomic mass is 10.1. The van der Waals surface area contributed by atoms with Gasteiger partial charge < -0.3 is 9.72 Å². The molecule has 0 saturated heterocycles. The summed E-state index contributed by atoms with van der Waals surface area (Å²) in [5.74, 6) is 1.52. The van der Waals surface area contributed by atoms with E-state index in [2.05, 4.69) is 14.7 Å². The molecule has 0 spiro atoms. The quantitative estimate of drug-likeness (QED) is 0.437. The first kappa shape index (κ1) is 20.0. The van der Waals surface area contributed by atoms with Crippen molar-refractivity contribution in [2.24, 2.45) is 0 Å². The van der Waals surface area contributed by atoms with E-state index in [9.17, 15) is 8.42 Å². The van der Waals surface area contributed by atoms with Gasteiger partial charge in [0.25, 0.3) is 10.0 Å². The molecule has 2 N–H and O–H groups in total. The van der Waals surface area contributed by atoms with Crippen LogP contribution in [0.3, 0.4) is 0 Å². The second kappa shape index (κ2) is 8.59. The van der Waals surface area contributed by atoms with E-state index in [0.717, 1.165) is 22.4 Å². The number of rotatable bonds is 8. The van der Waals surface area contributed by atoms with E-state index in [-0.39, 0.29) is 4.90 Å². The Morgan fingerprint density at radius 2 is 1.67 bits per heavy atom. The molecule has 1 heterocycles. The van der Waals surface area contributed by atoms with E-state index < -0.39 is 10.0 Å². The van der Waals surface area contributed by atoms with Crippen LogP contribution in [0.2, 0.25) is 0 Å². The number of sulfonamides is 1. The molecule has 7 heteroatoms. The third-order valence-electron chi connectivity index (χ3n) is 4.78. The number of hydrogen-bond acceptors (Lipinski definition) is 4. The Labute approximate surface area is 176 Å². The molecule has 0 unspecified atom stereocenters. The van der Waals surface area contributed by atoms with Gasteiger partial charge in [-0.05, 0) is 61.4 Å². The second-order valence-electron chi connectivity index (χ2n) is 6.87. The first-order chi connectivity index (χ1) is 14.5. The first-order valence-corrected chi connectivity index (χ1v) is 11.3. The van der Waals surface area contributed by atoms with Crippen molar-refractivity contribution in [1.82, 2.24) is 9.97 Å². The van der Waals surface area contributed by atoms with Crippen molar-refractivity contribution in [2.45, 2.75) is 24.7 Å². The summed E-state index contributed by atoms with van der Waals surface area (Å²) < 4.78 is 33.8. The number of benzene rings is 3. The molecule has 0 aliphatic carbocycles. The number of fused-ring (bicyclic) bond motifs is 1. The molecule has 3 aromatic carbocycles. The SMILES string of the molecule is CCOc1ccc(S(=O)(=O)Nc2ccccc2CCc2nc3ccccc3[nH]2)cc1. The number of ether oxygens (including phenoxy) is 1. The molecule has 0 atom stereocenters. The highest BCUT2D eigenvalue weighted by atomic mass is 32.2. The van der Waals surface area contributed by atoms with E-state index >= 15 is 0 Å². The Bertz CT molecular complexity index is 1220. The Kier molecular flexibility index (Phi) is 5.72. The van der Waals surface area contributed by atoms with Crippen LogP contribution in [0, 0.1) is 0 Å². The molecule has 0 bridgehead atoms. The van der Waals surface area contributed by atoms with Gasteiger partial charge in [-0.3, -0.25) is 4.72 Å². The maximum atomic E-state index is 12.8. The summed E-state index contributed by atoms with van der Waals surface area (Å²) in [6.45, 7) is 2.41. The van der Waals surface area contributed by atoms with Gasteiger partial charge in [-0.1, -0.05) is 30.3 Å². The molecule has 0 radical (unpaired) electrons. The van der Waals surface area contributed by atoms with Gasteiger partial charge in [0.15, 0.2) is 0 Å². The van der Waals surface area contributed by atoms with Crippen LogP contribution in [0.15, 0.2) is 77.7 Å². The van der Waals surface area contributed by atoms with Crippen molar-refractivity contribution in [3.63, 3.8) is 0 Å². The van der Waals surface area contributed by atoms with Gasteiger partial charge in [-0.2, -0.15) is 0 Å². The van der Waals surface area contributed by atoms with Crippen LogP contribution in [0.5, 0.6) is 5.75 Å². The lowest BCUT2D eigenvalue weighted by molar-refractivity contribution is 0.340. The summed E-state index contributed by atoms with van der Waals surface area (Å²) in [5.41, 5.74) is 3.41. The van der Waals surface area contributed by atoms with Crippen molar-refractivity contribution in [2.75, 3.05) is 11.3 Å². The fourth-order valence-corrected chi connectivity index (χ4v) is 4.40. The average Bonchev–Trinajstić information content (AvgIpc) is 3.17. The monoisotopic (exact) mass is 421 g/mol. The Hall–Kier alpha value is -3.32. The largest absolute Gasteiger partial charge is 0.494 e. The van der Waals surface area contributed by atoms with Crippen LogP contribution in [0.25, 0.3) is 11.0 Å². The van der Waals surface area contributed by atoms with Crippen molar-refractivity contribution < 1.29 is 13.2 Å². The number of H-pyrrole nitrogens is 1. The Morgan fingerprint density at radius 3 is 2.43 bits per heavy atom. The predicted molar refractivity (Wildman–Crippen MR) is 118 cm³/mol. The third-order valence-corrected chi connectivity index (χ3v) is 6.16. The lowest BCUT2D eigenvalue weighted by Crippen LogP contribution is -2.14. The number of nitrogens with one attached hydrogen (secondary N) is 2. The number of aromatic nitrogens is 2. The van der Waals surface area contributed by atoms with E-state index in [1.807, 2.05) is 49.4 Å². The minimum Gasteiger partial charge on any atom is -0.494 e. The number of hydrogen-bond donors (Lipinski definition) is 2. The van der Waals surface area contributed by atoms with Crippen LogP contribution in [0.4, 0.5) is 5.69 Å². The molecule has 0 amide bonds. The van der Waals surface area contributed by atoms with E-state index in [1.54, 1.807) is 30.3 Å². The minimum absolute atomic E-state index is 0.193. The highest BCUT2D eigenvalue weighted by molar-refractivity contribution is 7.92. The molecule has 0 fully saturated rings. The molecule has 4 rings (SSSR count). The number of imidazole rings is 1. The van der Waals surface area contributed by atoms with Crippen molar-refractivity contribution in [1.29, 1.82) is 0 Å². The lowest BCUT2D eigenvalue weighted by Gasteiger charge is -2.13. The molecule has 0 aliphatic rings. The first-order valence-electron chi connectivity index (χ1n) is 9.82. The van der Waals surface area contributed by atoms with E-state index in [1.165, 1.54) is 0 Å². The fourth-order valence-electron chi connectivity index (χ4n) is 3.30. The van der Waals surface area contributed by atoms with Crippen LogP contribution in [-0.4, -0.2) is 25.0 Å². The zero-order valence-electron chi connectivity index (χ0n) is 16.6. The molecular formula is C23H23N3O3S. The Balaban J connectivity index is 1.50. The fraction of sp³-hybridized carbons (Fsp3) is 0.174. The van der Waals surface area contributed by atoms with Crippen LogP contribution < -0.4 is 9.46 Å². The molecule has 1 aromatic heterocycles. The summed E-state index contributed by atoms with van der Waals surface area (Å²) in [6.07, 6.45) is 1.33. The minimum atomic E-state index is -3.70. The smallest absolute Gasteiger partial charge is 0.261 e. The van der Waals surface area contributed by atoms with Gasteiger partial charge in [0.1, 0.15) is 11.6 Å². The summed E-state index contributed by atoms with van der Waals surface area (Å²) in [5, 5.41) is 0. The van der Waals surface area contributed by atoms with Gasteiger partial charge >= 0.3 is 0 Å². The average molecular weight is 422 g/mol. The number of anilines is 1. The maximum Gasteiger partial charge on any atom is 0.261 e. The number of aryl methyl sites for hydroxylation is 2. The van der Waals surface area contributed by atoms with E-state index in [0.29, 0.717) is 30.9 Å². The summed E-state index contributed by atoms with van der Waals surface area (Å²) in [7, 11) is -3.70. The van der Waals surface area contributed by atoms with Gasteiger partial charge in [-0.25, -0.2) is 13.4 Å². The molecule has 6 nitrogen and oxygen atoms in total. The molecular weight excluding hydrogens is 398 g/mol. The van der Waals surface area contributed by atoms with Crippen molar-refractivity contribution in [3.8, 4) is 5.75 Å². The highest BCUT2D eigenvalue weighted by Gasteiger charge is 2.16. The molecule has 0 aliphatic heterocycles. The van der Waals surface area contributed by atoms with Crippen LogP contribution >= 0.6 is 0 Å². The summed E-state index contributed by atoms with van der Waals surface area (Å²) >= 11 is 0. The summed E-state index contributed by atoms with van der Waals surface area (Å²) in [4.78, 5) is 8.10. The molecule has 154 valence electrons. The topological polar surface area (TPSA) is 84.1 Å². The van der Waals surface area contributed by atoms with Crippen LogP contribution in [0.1, 0.15) is 18.3 Å². The predicted octanol–water partition coefficient (Wildman–Crippen LogP) is 4.55. The highest BCUT2D eigenvalue weighted by Crippen LogP contribution is 2.23. The van der Waals surface area contributed by atoms with Crippen molar-refractivity contribution >= 4 is 26.7 Å². The second-order valence-corrected chi connectivity index (χ2v) is 8.55. The molecule has 30 heavy (non-hydrogen) atoms. The molecule has 4 aromatic rings. The van der Waals surface area contributed by atoms with Gasteiger partial charge in [0, 0.05) is 6.42 Å².